The van der Waals surface area contributed by atoms with Crippen molar-refractivity contribution >= 4 is 46.4 Å². The van der Waals surface area contributed by atoms with E-state index in [-0.39, 0.29) is 5.91 Å². The molecule has 0 radical (unpaired) electrons. The highest BCUT2D eigenvalue weighted by molar-refractivity contribution is 7.80. The van der Waals surface area contributed by atoms with Crippen LogP contribution in [0.3, 0.4) is 0 Å². The van der Waals surface area contributed by atoms with Gasteiger partial charge in [0.1, 0.15) is 0 Å². The van der Waals surface area contributed by atoms with Crippen molar-refractivity contribution in [2.45, 2.75) is 38.6 Å². The smallest absolute Gasteiger partial charge is 0.271 e. The Bertz CT molecular complexity index is 568. The maximum Gasteiger partial charge on any atom is 0.271 e. The van der Waals surface area contributed by atoms with Crippen molar-refractivity contribution in [3.63, 3.8) is 0 Å². The molecule has 22 heavy (non-hydrogen) atoms. The molecule has 2 rings (SSSR count). The number of rotatable bonds is 2. The van der Waals surface area contributed by atoms with Crippen molar-refractivity contribution in [3.05, 3.63) is 33.8 Å². The first-order valence-corrected chi connectivity index (χ1v) is 8.45. The zero-order valence-corrected chi connectivity index (χ0v) is 14.6. The van der Waals surface area contributed by atoms with Crippen molar-refractivity contribution in [2.24, 2.45) is 5.92 Å². The summed E-state index contributed by atoms with van der Waals surface area (Å²) >= 11 is 17.1. The lowest BCUT2D eigenvalue weighted by molar-refractivity contribution is 0.0943. The van der Waals surface area contributed by atoms with Gasteiger partial charge in [0, 0.05) is 11.1 Å². The molecule has 3 N–H and O–H groups in total. The lowest BCUT2D eigenvalue weighted by Crippen LogP contribution is -2.51. The van der Waals surface area contributed by atoms with E-state index in [1.807, 2.05) is 0 Å². The van der Waals surface area contributed by atoms with Gasteiger partial charge in [-0.25, -0.2) is 0 Å². The van der Waals surface area contributed by atoms with E-state index >= 15 is 0 Å². The van der Waals surface area contributed by atoms with Crippen LogP contribution in [0, 0.1) is 5.92 Å². The third-order valence-electron chi connectivity index (χ3n) is 3.89. The first-order valence-electron chi connectivity index (χ1n) is 7.29. The first-order chi connectivity index (χ1) is 10.5. The van der Waals surface area contributed by atoms with E-state index in [4.69, 9.17) is 35.4 Å². The molecule has 1 aliphatic carbocycles. The second kappa shape index (κ2) is 7.99. The van der Waals surface area contributed by atoms with Crippen LogP contribution in [-0.4, -0.2) is 17.1 Å². The Morgan fingerprint density at radius 3 is 2.68 bits per heavy atom. The van der Waals surface area contributed by atoms with Crippen LogP contribution in [0.25, 0.3) is 0 Å². The van der Waals surface area contributed by atoms with Gasteiger partial charge in [-0.05, 0) is 49.2 Å². The molecule has 4 nitrogen and oxygen atoms in total. The highest BCUT2D eigenvalue weighted by Crippen LogP contribution is 2.23. The Balaban J connectivity index is 1.85. The summed E-state index contributed by atoms with van der Waals surface area (Å²) in [4.78, 5) is 12.1. The lowest BCUT2D eigenvalue weighted by Gasteiger charge is -2.30. The van der Waals surface area contributed by atoms with Gasteiger partial charge in [-0.2, -0.15) is 0 Å². The lowest BCUT2D eigenvalue weighted by atomic mass is 9.86. The molecule has 1 fully saturated rings. The molecular weight excluding hydrogens is 341 g/mol. The van der Waals surface area contributed by atoms with Crippen LogP contribution in [-0.2, 0) is 0 Å². The molecule has 120 valence electrons. The summed E-state index contributed by atoms with van der Waals surface area (Å²) in [6.45, 7) is 2.21. The van der Waals surface area contributed by atoms with Gasteiger partial charge in [-0.1, -0.05) is 43.0 Å². The quantitative estimate of drug-likeness (QED) is 0.556. The van der Waals surface area contributed by atoms with Crippen LogP contribution >= 0.6 is 35.4 Å². The summed E-state index contributed by atoms with van der Waals surface area (Å²) in [6.07, 6.45) is 4.76. The summed E-state index contributed by atoms with van der Waals surface area (Å²) in [5, 5.41) is 4.44. The minimum atomic E-state index is -0.381. The van der Waals surface area contributed by atoms with E-state index in [0.29, 0.717) is 32.7 Å². The number of nitrogens with one attached hydrogen (secondary N) is 3. The number of amides is 1. The van der Waals surface area contributed by atoms with Crippen molar-refractivity contribution in [2.75, 3.05) is 0 Å². The Hall–Kier alpha value is -1.04. The van der Waals surface area contributed by atoms with Crippen LogP contribution in [0.5, 0.6) is 0 Å². The Labute approximate surface area is 145 Å². The molecule has 7 heteroatoms. The van der Waals surface area contributed by atoms with Gasteiger partial charge in [-0.15, -0.1) is 0 Å². The predicted octanol–water partition coefficient (Wildman–Crippen LogP) is 3.68. The molecule has 1 aliphatic rings. The molecule has 1 saturated carbocycles. The van der Waals surface area contributed by atoms with Gasteiger partial charge in [0.15, 0.2) is 5.11 Å². The maximum absolute atomic E-state index is 12.1. The monoisotopic (exact) mass is 359 g/mol. The van der Waals surface area contributed by atoms with E-state index in [1.165, 1.54) is 25.3 Å². The minimum absolute atomic E-state index is 0.301. The van der Waals surface area contributed by atoms with E-state index in [2.05, 4.69) is 23.1 Å². The number of hydrogen-bond acceptors (Lipinski definition) is 2. The zero-order valence-electron chi connectivity index (χ0n) is 12.3. The van der Waals surface area contributed by atoms with Crippen LogP contribution in [0.4, 0.5) is 0 Å². The third kappa shape index (κ3) is 4.73. The topological polar surface area (TPSA) is 53.2 Å². The average molecular weight is 360 g/mol. The summed E-state index contributed by atoms with van der Waals surface area (Å²) in [5.74, 6) is 0.194. The van der Waals surface area contributed by atoms with Crippen molar-refractivity contribution in [3.8, 4) is 0 Å². The Morgan fingerprint density at radius 2 is 1.95 bits per heavy atom. The highest BCUT2D eigenvalue weighted by Gasteiger charge is 2.21. The van der Waals surface area contributed by atoms with Gasteiger partial charge < -0.3 is 5.32 Å². The number of carbonyl (C=O) groups excluding carboxylic acids is 1. The van der Waals surface area contributed by atoms with Crippen LogP contribution in [0.1, 0.15) is 43.0 Å². The van der Waals surface area contributed by atoms with Crippen LogP contribution < -0.4 is 16.2 Å². The third-order valence-corrected chi connectivity index (χ3v) is 4.68. The van der Waals surface area contributed by atoms with E-state index in [0.717, 1.165) is 6.42 Å². The minimum Gasteiger partial charge on any atom is -0.358 e. The van der Waals surface area contributed by atoms with Gasteiger partial charge in [-0.3, -0.25) is 15.6 Å². The van der Waals surface area contributed by atoms with Gasteiger partial charge in [0.2, 0.25) is 0 Å². The molecule has 0 bridgehead atoms. The molecule has 0 aliphatic heterocycles. The molecular formula is C15H19Cl2N3OS. The number of hydrazine groups is 1. The van der Waals surface area contributed by atoms with Gasteiger partial charge in [0.25, 0.3) is 5.91 Å². The molecule has 0 saturated heterocycles. The second-order valence-electron chi connectivity index (χ2n) is 5.54. The van der Waals surface area contributed by atoms with Gasteiger partial charge >= 0.3 is 0 Å². The SMILES string of the molecule is C[C@@H]1CCCC[C@H]1NC(=S)NNC(=O)c1cc(Cl)ccc1Cl. The summed E-state index contributed by atoms with van der Waals surface area (Å²) in [7, 11) is 0. The fourth-order valence-electron chi connectivity index (χ4n) is 2.59. The van der Waals surface area contributed by atoms with Crippen molar-refractivity contribution < 1.29 is 4.79 Å². The predicted molar refractivity (Wildman–Crippen MR) is 94.2 cm³/mol. The Kier molecular flexibility index (Phi) is 6.29. The highest BCUT2D eigenvalue weighted by atomic mass is 35.5. The number of carbonyl (C=O) groups is 1. The largest absolute Gasteiger partial charge is 0.358 e. The average Bonchev–Trinajstić information content (AvgIpc) is 2.49. The molecule has 1 amide bonds. The second-order valence-corrected chi connectivity index (χ2v) is 6.80. The number of thiocarbonyl (C=S) groups is 1. The molecule has 1 aromatic carbocycles. The molecule has 2 atom stereocenters. The van der Waals surface area contributed by atoms with Crippen LogP contribution in [0.15, 0.2) is 18.2 Å². The number of halogens is 2. The standard InChI is InChI=1S/C15H19Cl2N3OS/c1-9-4-2-3-5-13(9)18-15(22)20-19-14(21)11-8-10(16)6-7-12(11)17/h6-9,13H,2-5H2,1H3,(H,19,21)(H2,18,20,22)/t9-,13-/m1/s1. The summed E-state index contributed by atoms with van der Waals surface area (Å²) in [6, 6.07) is 5.07. The van der Waals surface area contributed by atoms with Crippen molar-refractivity contribution in [1.82, 2.24) is 16.2 Å². The summed E-state index contributed by atoms with van der Waals surface area (Å²) in [5.41, 5.74) is 5.55. The normalized spacial score (nSPS) is 21.0. The number of benzene rings is 1. The maximum atomic E-state index is 12.1. The molecule has 0 unspecified atom stereocenters. The van der Waals surface area contributed by atoms with E-state index < -0.39 is 0 Å². The first kappa shape index (κ1) is 17.3. The fraction of sp³-hybridized carbons (Fsp3) is 0.467. The van der Waals surface area contributed by atoms with Gasteiger partial charge in [0.05, 0.1) is 10.6 Å². The van der Waals surface area contributed by atoms with Crippen LogP contribution in [0.2, 0.25) is 10.0 Å². The zero-order chi connectivity index (χ0) is 16.1. The molecule has 1 aromatic rings. The number of hydrogen-bond donors (Lipinski definition) is 3. The molecule has 0 spiro atoms. The molecule has 0 aromatic heterocycles. The molecule has 0 heterocycles. The summed E-state index contributed by atoms with van der Waals surface area (Å²) < 4.78 is 0. The fourth-order valence-corrected chi connectivity index (χ4v) is 3.17. The Morgan fingerprint density at radius 1 is 1.23 bits per heavy atom. The van der Waals surface area contributed by atoms with Crippen molar-refractivity contribution in [1.29, 1.82) is 0 Å². The van der Waals surface area contributed by atoms with E-state index in [1.54, 1.807) is 12.1 Å². The van der Waals surface area contributed by atoms with E-state index in [9.17, 15) is 4.79 Å².